The van der Waals surface area contributed by atoms with Gasteiger partial charge in [-0.25, -0.2) is 0 Å². The van der Waals surface area contributed by atoms with E-state index in [4.69, 9.17) is 5.73 Å². The topological polar surface area (TPSA) is 43.8 Å². The van der Waals surface area contributed by atoms with Gasteiger partial charge in [0.2, 0.25) is 0 Å². The van der Waals surface area contributed by atoms with Crippen LogP contribution in [-0.4, -0.2) is 9.78 Å². The van der Waals surface area contributed by atoms with E-state index in [2.05, 4.69) is 16.0 Å². The molecule has 0 atom stereocenters. The summed E-state index contributed by atoms with van der Waals surface area (Å²) >= 11 is 0. The van der Waals surface area contributed by atoms with Crippen molar-refractivity contribution >= 4 is 24.8 Å². The Bertz CT molecular complexity index is 269. The lowest BCUT2D eigenvalue weighted by molar-refractivity contribution is 0.328. The van der Waals surface area contributed by atoms with Crippen molar-refractivity contribution in [2.75, 3.05) is 0 Å². The Kier molecular flexibility index (Phi) is 6.98. The molecule has 1 fully saturated rings. The van der Waals surface area contributed by atoms with Gasteiger partial charge in [-0.2, -0.15) is 5.10 Å². The zero-order valence-electron chi connectivity index (χ0n) is 8.76. The highest BCUT2D eigenvalue weighted by atomic mass is 35.5. The molecule has 1 aromatic rings. The van der Waals surface area contributed by atoms with Crippen LogP contribution in [0.5, 0.6) is 0 Å². The number of halogens is 2. The van der Waals surface area contributed by atoms with Crippen molar-refractivity contribution in [2.24, 2.45) is 5.73 Å². The standard InChI is InChI=1S/C10H17N3.2ClH/c11-8-9-6-7-13(12-9)10-4-2-1-3-5-10;;/h6-7,10H,1-5,8,11H2;2*1H. The Labute approximate surface area is 103 Å². The Morgan fingerprint density at radius 1 is 1.27 bits per heavy atom. The van der Waals surface area contributed by atoms with Crippen LogP contribution in [0.2, 0.25) is 0 Å². The molecule has 0 bridgehead atoms. The van der Waals surface area contributed by atoms with Gasteiger partial charge >= 0.3 is 0 Å². The molecule has 15 heavy (non-hydrogen) atoms. The first-order valence-electron chi connectivity index (χ1n) is 5.14. The number of hydrogen-bond acceptors (Lipinski definition) is 2. The van der Waals surface area contributed by atoms with Gasteiger partial charge < -0.3 is 5.73 Å². The maximum atomic E-state index is 5.52. The van der Waals surface area contributed by atoms with Crippen LogP contribution in [0.15, 0.2) is 12.3 Å². The minimum absolute atomic E-state index is 0. The second-order valence-electron chi connectivity index (χ2n) is 3.78. The third-order valence-electron chi connectivity index (χ3n) is 2.82. The van der Waals surface area contributed by atoms with Crippen molar-refractivity contribution in [1.29, 1.82) is 0 Å². The zero-order valence-corrected chi connectivity index (χ0v) is 10.4. The molecule has 0 amide bonds. The molecular weight excluding hydrogens is 233 g/mol. The number of aromatic nitrogens is 2. The fourth-order valence-corrected chi connectivity index (χ4v) is 2.04. The van der Waals surface area contributed by atoms with Crippen molar-refractivity contribution in [3.8, 4) is 0 Å². The van der Waals surface area contributed by atoms with Crippen LogP contribution < -0.4 is 5.73 Å². The normalized spacial score (nSPS) is 16.6. The van der Waals surface area contributed by atoms with Crippen LogP contribution in [0.4, 0.5) is 0 Å². The molecule has 1 aliphatic rings. The molecule has 1 saturated carbocycles. The summed E-state index contributed by atoms with van der Waals surface area (Å²) in [6.45, 7) is 0.555. The Morgan fingerprint density at radius 2 is 1.93 bits per heavy atom. The van der Waals surface area contributed by atoms with E-state index in [0.717, 1.165) is 5.69 Å². The molecule has 0 spiro atoms. The molecule has 0 unspecified atom stereocenters. The second-order valence-corrected chi connectivity index (χ2v) is 3.78. The fraction of sp³-hybridized carbons (Fsp3) is 0.700. The smallest absolute Gasteiger partial charge is 0.0760 e. The van der Waals surface area contributed by atoms with Gasteiger partial charge in [0.15, 0.2) is 0 Å². The van der Waals surface area contributed by atoms with Crippen LogP contribution in [0, 0.1) is 0 Å². The van der Waals surface area contributed by atoms with E-state index in [0.29, 0.717) is 12.6 Å². The summed E-state index contributed by atoms with van der Waals surface area (Å²) in [5.74, 6) is 0. The molecule has 0 saturated heterocycles. The number of nitrogens with two attached hydrogens (primary N) is 1. The Morgan fingerprint density at radius 3 is 2.47 bits per heavy atom. The van der Waals surface area contributed by atoms with Gasteiger partial charge in [0.05, 0.1) is 11.7 Å². The summed E-state index contributed by atoms with van der Waals surface area (Å²) in [4.78, 5) is 0. The van der Waals surface area contributed by atoms with E-state index < -0.39 is 0 Å². The van der Waals surface area contributed by atoms with E-state index in [9.17, 15) is 0 Å². The minimum Gasteiger partial charge on any atom is -0.325 e. The molecule has 0 aromatic carbocycles. The second kappa shape index (κ2) is 7.09. The third kappa shape index (κ3) is 3.67. The van der Waals surface area contributed by atoms with Crippen LogP contribution in [-0.2, 0) is 6.54 Å². The lowest BCUT2D eigenvalue weighted by atomic mass is 9.96. The van der Waals surface area contributed by atoms with Crippen LogP contribution >= 0.6 is 24.8 Å². The summed E-state index contributed by atoms with van der Waals surface area (Å²) in [5.41, 5.74) is 6.52. The lowest BCUT2D eigenvalue weighted by Gasteiger charge is -2.21. The lowest BCUT2D eigenvalue weighted by Crippen LogP contribution is -2.13. The monoisotopic (exact) mass is 251 g/mol. The predicted molar refractivity (Wildman–Crippen MR) is 66.7 cm³/mol. The highest BCUT2D eigenvalue weighted by Gasteiger charge is 2.15. The van der Waals surface area contributed by atoms with E-state index >= 15 is 0 Å². The number of rotatable bonds is 2. The van der Waals surface area contributed by atoms with Crippen molar-refractivity contribution < 1.29 is 0 Å². The first-order chi connectivity index (χ1) is 6.40. The molecule has 3 nitrogen and oxygen atoms in total. The Hall–Kier alpha value is -0.250. The van der Waals surface area contributed by atoms with Crippen LogP contribution in [0.1, 0.15) is 43.8 Å². The van der Waals surface area contributed by atoms with Crippen LogP contribution in [0.3, 0.4) is 0 Å². The number of hydrogen-bond donors (Lipinski definition) is 1. The van der Waals surface area contributed by atoms with Crippen molar-refractivity contribution in [3.05, 3.63) is 18.0 Å². The van der Waals surface area contributed by atoms with E-state index in [1.807, 2.05) is 6.07 Å². The molecule has 1 aliphatic carbocycles. The molecule has 1 heterocycles. The van der Waals surface area contributed by atoms with Crippen LogP contribution in [0.25, 0.3) is 0 Å². The highest BCUT2D eigenvalue weighted by Crippen LogP contribution is 2.27. The fourth-order valence-electron chi connectivity index (χ4n) is 2.04. The van der Waals surface area contributed by atoms with E-state index in [-0.39, 0.29) is 24.8 Å². The van der Waals surface area contributed by atoms with Gasteiger partial charge in [-0.05, 0) is 18.9 Å². The van der Waals surface area contributed by atoms with Crippen molar-refractivity contribution in [2.45, 2.75) is 44.7 Å². The highest BCUT2D eigenvalue weighted by molar-refractivity contribution is 5.85. The molecule has 1 aromatic heterocycles. The molecule has 88 valence electrons. The van der Waals surface area contributed by atoms with Gasteiger partial charge in [-0.3, -0.25) is 4.68 Å². The number of nitrogens with zero attached hydrogens (tertiary/aromatic N) is 2. The minimum atomic E-state index is 0. The summed E-state index contributed by atoms with van der Waals surface area (Å²) in [5, 5.41) is 4.44. The maximum absolute atomic E-state index is 5.52. The van der Waals surface area contributed by atoms with Crippen molar-refractivity contribution in [3.63, 3.8) is 0 Å². The van der Waals surface area contributed by atoms with E-state index in [1.54, 1.807) is 0 Å². The molecular formula is C10H19Cl2N3. The molecule has 5 heteroatoms. The largest absolute Gasteiger partial charge is 0.325 e. The zero-order chi connectivity index (χ0) is 9.10. The summed E-state index contributed by atoms with van der Waals surface area (Å²) in [6, 6.07) is 2.66. The van der Waals surface area contributed by atoms with Crippen molar-refractivity contribution in [1.82, 2.24) is 9.78 Å². The van der Waals surface area contributed by atoms with Gasteiger partial charge in [0.1, 0.15) is 0 Å². The molecule has 2 rings (SSSR count). The summed E-state index contributed by atoms with van der Waals surface area (Å²) in [6.07, 6.45) is 8.72. The van der Waals surface area contributed by atoms with Gasteiger partial charge in [0, 0.05) is 12.7 Å². The molecule has 2 N–H and O–H groups in total. The summed E-state index contributed by atoms with van der Waals surface area (Å²) < 4.78 is 2.10. The third-order valence-corrected chi connectivity index (χ3v) is 2.82. The van der Waals surface area contributed by atoms with Gasteiger partial charge in [-0.1, -0.05) is 19.3 Å². The average Bonchev–Trinajstić information content (AvgIpc) is 2.67. The maximum Gasteiger partial charge on any atom is 0.0760 e. The Balaban J connectivity index is 0.000000980. The predicted octanol–water partition coefficient (Wildman–Crippen LogP) is 2.69. The quantitative estimate of drug-likeness (QED) is 0.879. The van der Waals surface area contributed by atoms with E-state index in [1.165, 1.54) is 32.1 Å². The average molecular weight is 252 g/mol. The van der Waals surface area contributed by atoms with Gasteiger partial charge in [0.25, 0.3) is 0 Å². The molecule has 0 radical (unpaired) electrons. The summed E-state index contributed by atoms with van der Waals surface area (Å²) in [7, 11) is 0. The first kappa shape index (κ1) is 14.8. The van der Waals surface area contributed by atoms with Gasteiger partial charge in [-0.15, -0.1) is 24.8 Å². The first-order valence-corrected chi connectivity index (χ1v) is 5.14. The molecule has 0 aliphatic heterocycles. The SMILES string of the molecule is Cl.Cl.NCc1ccn(C2CCCCC2)n1.